The van der Waals surface area contributed by atoms with E-state index in [0.29, 0.717) is 12.4 Å². The van der Waals surface area contributed by atoms with Crippen LogP contribution in [-0.4, -0.2) is 41.8 Å². The first-order chi connectivity index (χ1) is 10.7. The highest BCUT2D eigenvalue weighted by molar-refractivity contribution is 7.85. The molecule has 1 aromatic carbocycles. The molecule has 0 saturated heterocycles. The fourth-order valence-electron chi connectivity index (χ4n) is 3.18. The van der Waals surface area contributed by atoms with E-state index >= 15 is 0 Å². The maximum Gasteiger partial charge on any atom is 0.261 e. The van der Waals surface area contributed by atoms with E-state index in [4.69, 9.17) is 4.55 Å². The van der Waals surface area contributed by atoms with Crippen molar-refractivity contribution in [3.63, 3.8) is 0 Å². The largest absolute Gasteiger partial charge is 0.370 e. The van der Waals surface area contributed by atoms with Crippen LogP contribution >= 0.6 is 0 Å². The molecule has 23 heavy (non-hydrogen) atoms. The van der Waals surface area contributed by atoms with Crippen LogP contribution < -0.4 is 5.32 Å². The van der Waals surface area contributed by atoms with Gasteiger partial charge in [-0.2, -0.15) is 8.42 Å². The van der Waals surface area contributed by atoms with Gasteiger partial charge in [0, 0.05) is 23.6 Å². The summed E-state index contributed by atoms with van der Waals surface area (Å²) in [7, 11) is -3.67. The van der Waals surface area contributed by atoms with Gasteiger partial charge in [0.1, 0.15) is 0 Å². The molecule has 2 aliphatic rings. The van der Waals surface area contributed by atoms with Gasteiger partial charge in [0.25, 0.3) is 10.1 Å². The Labute approximate surface area is 135 Å². The molecule has 6 nitrogen and oxygen atoms in total. The van der Waals surface area contributed by atoms with Crippen molar-refractivity contribution in [3.8, 4) is 0 Å². The van der Waals surface area contributed by atoms with Gasteiger partial charge < -0.3 is 15.2 Å². The maximum atomic E-state index is 9.19. The maximum absolute atomic E-state index is 9.19. The Balaban J connectivity index is 0.000000276. The zero-order chi connectivity index (χ0) is 16.8. The Bertz CT molecular complexity index is 875. The summed E-state index contributed by atoms with van der Waals surface area (Å²) in [5.41, 5.74) is 6.69. The molecule has 0 fully saturated rings. The molecule has 0 amide bonds. The number of nitrogens with one attached hydrogen (secondary N) is 2. The molecule has 2 aromatic rings. The smallest absolute Gasteiger partial charge is 0.261 e. The first-order valence-corrected chi connectivity index (χ1v) is 9.36. The van der Waals surface area contributed by atoms with Crippen LogP contribution in [0.1, 0.15) is 23.7 Å². The van der Waals surface area contributed by atoms with Crippen molar-refractivity contribution in [1.82, 2.24) is 15.2 Å². The van der Waals surface area contributed by atoms with Gasteiger partial charge >= 0.3 is 0 Å². The first kappa shape index (κ1) is 15.9. The molecule has 1 atom stereocenters. The molecule has 0 saturated carbocycles. The minimum Gasteiger partial charge on any atom is -0.370 e. The van der Waals surface area contributed by atoms with E-state index in [0.717, 1.165) is 13.0 Å². The normalized spacial score (nSPS) is 19.4. The van der Waals surface area contributed by atoms with E-state index in [1.54, 1.807) is 0 Å². The summed E-state index contributed by atoms with van der Waals surface area (Å²) in [5, 5.41) is 4.80. The summed E-state index contributed by atoms with van der Waals surface area (Å²) in [6.45, 7) is 5.47. The highest BCUT2D eigenvalue weighted by Gasteiger charge is 2.30. The monoisotopic (exact) mass is 335 g/mol. The molecule has 0 radical (unpaired) electrons. The summed E-state index contributed by atoms with van der Waals surface area (Å²) in [6.07, 6.45) is 4.40. The van der Waals surface area contributed by atoms with E-state index < -0.39 is 10.1 Å². The van der Waals surface area contributed by atoms with Gasteiger partial charge in [-0.25, -0.2) is 0 Å². The molecule has 1 aromatic heterocycles. The summed E-state index contributed by atoms with van der Waals surface area (Å²) in [4.78, 5) is 6.02. The van der Waals surface area contributed by atoms with Crippen molar-refractivity contribution in [1.29, 1.82) is 0 Å². The lowest BCUT2D eigenvalue weighted by molar-refractivity contribution is 0.308. The average molecular weight is 335 g/mol. The van der Waals surface area contributed by atoms with Crippen LogP contribution in [0, 0.1) is 6.92 Å². The number of H-pyrrole nitrogens is 1. The van der Waals surface area contributed by atoms with Crippen molar-refractivity contribution in [2.45, 2.75) is 26.4 Å². The molecule has 1 unspecified atom stereocenters. The van der Waals surface area contributed by atoms with E-state index in [9.17, 15) is 8.42 Å². The predicted octanol–water partition coefficient (Wildman–Crippen LogP) is 2.09. The van der Waals surface area contributed by atoms with Crippen LogP contribution in [0.15, 0.2) is 24.4 Å². The van der Waals surface area contributed by atoms with Crippen molar-refractivity contribution < 1.29 is 13.0 Å². The van der Waals surface area contributed by atoms with Gasteiger partial charge in [0.15, 0.2) is 0 Å². The number of hydrogen-bond acceptors (Lipinski definition) is 4. The predicted molar refractivity (Wildman–Crippen MR) is 91.5 cm³/mol. The third-order valence-electron chi connectivity index (χ3n) is 4.16. The van der Waals surface area contributed by atoms with Crippen LogP contribution in [0.4, 0.5) is 0 Å². The van der Waals surface area contributed by atoms with Crippen LogP contribution in [-0.2, 0) is 16.5 Å². The Kier molecular flexibility index (Phi) is 3.85. The number of aromatic nitrogens is 1. The van der Waals surface area contributed by atoms with Crippen molar-refractivity contribution in [2.75, 3.05) is 12.8 Å². The van der Waals surface area contributed by atoms with Crippen LogP contribution in [0.5, 0.6) is 0 Å². The Morgan fingerprint density at radius 1 is 1.35 bits per heavy atom. The third-order valence-corrected chi connectivity index (χ3v) is 4.16. The number of rotatable bonds is 0. The third kappa shape index (κ3) is 3.20. The van der Waals surface area contributed by atoms with Gasteiger partial charge in [-0.05, 0) is 38.0 Å². The second-order valence-corrected chi connectivity index (χ2v) is 7.54. The van der Waals surface area contributed by atoms with E-state index in [-0.39, 0.29) is 0 Å². The number of aromatic amines is 1. The number of fused-ring (bicyclic) bond motifs is 5. The van der Waals surface area contributed by atoms with Crippen molar-refractivity contribution in [3.05, 3.63) is 41.2 Å². The second-order valence-electron chi connectivity index (χ2n) is 6.08. The van der Waals surface area contributed by atoms with Crippen LogP contribution in [0.3, 0.4) is 0 Å². The first-order valence-electron chi connectivity index (χ1n) is 7.51. The summed E-state index contributed by atoms with van der Waals surface area (Å²) < 4.78 is 25.9. The molecule has 124 valence electrons. The lowest BCUT2D eigenvalue weighted by atomic mass is 10.0. The van der Waals surface area contributed by atoms with E-state index in [1.807, 2.05) is 0 Å². The van der Waals surface area contributed by atoms with Gasteiger partial charge in [-0.1, -0.05) is 11.6 Å². The highest BCUT2D eigenvalue weighted by atomic mass is 32.2. The molecule has 0 aliphatic carbocycles. The zero-order valence-electron chi connectivity index (χ0n) is 13.4. The Hall–Kier alpha value is -1.99. The molecule has 3 N–H and O–H groups in total. The lowest BCUT2D eigenvalue weighted by Gasteiger charge is -2.30. The molecule has 2 aliphatic heterocycles. The molecule has 7 heteroatoms. The zero-order valence-corrected chi connectivity index (χ0v) is 14.2. The van der Waals surface area contributed by atoms with Gasteiger partial charge in [-0.15, -0.1) is 0 Å². The fraction of sp³-hybridized carbons (Fsp3) is 0.375. The fourth-order valence-corrected chi connectivity index (χ4v) is 3.18. The van der Waals surface area contributed by atoms with Crippen molar-refractivity contribution >= 4 is 26.7 Å². The minimum absolute atomic E-state index is 0.418. The number of hydrogen-bond donors (Lipinski definition) is 3. The average Bonchev–Trinajstić information content (AvgIpc) is 2.98. The molecule has 0 spiro atoms. The molecular formula is C16H21N3O3S. The Morgan fingerprint density at radius 3 is 2.74 bits per heavy atom. The van der Waals surface area contributed by atoms with E-state index in [2.05, 4.69) is 53.4 Å². The lowest BCUT2D eigenvalue weighted by Crippen LogP contribution is -2.37. The minimum atomic E-state index is -3.67. The summed E-state index contributed by atoms with van der Waals surface area (Å²) in [5.74, 6) is 0. The standard InChI is InChI=1S/C15H17N3.CH4O3S/c1-9-3-4-13-12(7-9)11-5-6-18-10(2)16-8-14(18)15(11)17-13;1-5(2,3)4/h3-4,7-8,10,16-17H,5-6H2,1-2H3;1H3,(H,2,3,4). The second kappa shape index (κ2) is 5.58. The summed E-state index contributed by atoms with van der Waals surface area (Å²) in [6, 6.07) is 6.67. The van der Waals surface area contributed by atoms with Crippen LogP contribution in [0.25, 0.3) is 16.6 Å². The quantitative estimate of drug-likeness (QED) is 0.642. The molecule has 4 rings (SSSR count). The number of nitrogens with zero attached hydrogens (tertiary/aromatic N) is 1. The van der Waals surface area contributed by atoms with Crippen molar-refractivity contribution in [2.24, 2.45) is 0 Å². The van der Waals surface area contributed by atoms with Crippen LogP contribution in [0.2, 0.25) is 0 Å². The topological polar surface area (TPSA) is 85.4 Å². The molecule has 3 heterocycles. The molecular weight excluding hydrogens is 314 g/mol. The SMILES string of the molecule is CS(=O)(=O)O.Cc1ccc2[nH]c3c(c2c1)CCN1C3=CNC1C. The number of benzene rings is 1. The van der Waals surface area contributed by atoms with E-state index in [1.165, 1.54) is 33.4 Å². The molecule has 0 bridgehead atoms. The van der Waals surface area contributed by atoms with Gasteiger partial charge in [-0.3, -0.25) is 4.55 Å². The van der Waals surface area contributed by atoms with Gasteiger partial charge in [0.05, 0.1) is 23.8 Å². The highest BCUT2D eigenvalue weighted by Crippen LogP contribution is 2.36. The summed E-state index contributed by atoms with van der Waals surface area (Å²) >= 11 is 0. The Morgan fingerprint density at radius 2 is 2.04 bits per heavy atom. The number of aryl methyl sites for hydroxylation is 1. The van der Waals surface area contributed by atoms with Gasteiger partial charge in [0.2, 0.25) is 0 Å².